The van der Waals surface area contributed by atoms with Crippen molar-refractivity contribution in [2.75, 3.05) is 13.2 Å². The van der Waals surface area contributed by atoms with E-state index in [0.717, 1.165) is 36.7 Å². The lowest BCUT2D eigenvalue weighted by atomic mass is 10.0. The molecule has 0 bridgehead atoms. The molecule has 1 atom stereocenters. The molecule has 2 aromatic rings. The van der Waals surface area contributed by atoms with Gasteiger partial charge in [0.15, 0.2) is 0 Å². The Balaban J connectivity index is 1.63. The summed E-state index contributed by atoms with van der Waals surface area (Å²) < 4.78 is 17.1. The average Bonchev–Trinajstić information content (AvgIpc) is 2.88. The van der Waals surface area contributed by atoms with Gasteiger partial charge in [-0.3, -0.25) is 0 Å². The number of carbonyl (C=O) groups excluding carboxylic acids is 1. The van der Waals surface area contributed by atoms with Crippen LogP contribution in [0.3, 0.4) is 0 Å². The Labute approximate surface area is 212 Å². The van der Waals surface area contributed by atoms with Crippen LogP contribution >= 0.6 is 0 Å². The van der Waals surface area contributed by atoms with E-state index in [-0.39, 0.29) is 5.97 Å². The van der Waals surface area contributed by atoms with E-state index in [4.69, 9.17) is 14.2 Å². The van der Waals surface area contributed by atoms with E-state index in [1.165, 1.54) is 51.4 Å². The van der Waals surface area contributed by atoms with E-state index in [0.29, 0.717) is 24.5 Å². The van der Waals surface area contributed by atoms with Crippen molar-refractivity contribution in [3.05, 3.63) is 66.7 Å². The first kappa shape index (κ1) is 28.5. The number of hydrogen-bond acceptors (Lipinski definition) is 4. The molecule has 192 valence electrons. The van der Waals surface area contributed by atoms with Gasteiger partial charge in [-0.05, 0) is 80.1 Å². The summed E-state index contributed by atoms with van der Waals surface area (Å²) in [7, 11) is 0. The Hall–Kier alpha value is -2.75. The van der Waals surface area contributed by atoms with Crippen molar-refractivity contribution in [3.8, 4) is 17.2 Å². The van der Waals surface area contributed by atoms with E-state index in [1.807, 2.05) is 30.3 Å². The van der Waals surface area contributed by atoms with Gasteiger partial charge in [0, 0.05) is 0 Å². The number of esters is 1. The molecular formula is C31H44O4. The van der Waals surface area contributed by atoms with Crippen molar-refractivity contribution in [2.45, 2.75) is 84.5 Å². The minimum Gasteiger partial charge on any atom is -0.494 e. The fourth-order valence-electron chi connectivity index (χ4n) is 3.73. The summed E-state index contributed by atoms with van der Waals surface area (Å²) in [5.41, 5.74) is 0.497. The average molecular weight is 481 g/mol. The second kappa shape index (κ2) is 17.7. The topological polar surface area (TPSA) is 44.8 Å². The molecule has 0 aliphatic heterocycles. The van der Waals surface area contributed by atoms with Crippen LogP contribution < -0.4 is 14.2 Å². The molecule has 0 amide bonds. The van der Waals surface area contributed by atoms with Crippen LogP contribution in [0.25, 0.3) is 0 Å². The summed E-state index contributed by atoms with van der Waals surface area (Å²) in [6.45, 7) is 9.71. The first-order valence-corrected chi connectivity index (χ1v) is 13.4. The molecule has 0 heterocycles. The Morgan fingerprint density at radius 2 is 1.29 bits per heavy atom. The van der Waals surface area contributed by atoms with Crippen LogP contribution in [0.1, 0.15) is 94.8 Å². The van der Waals surface area contributed by atoms with E-state index < -0.39 is 0 Å². The van der Waals surface area contributed by atoms with Gasteiger partial charge in [-0.25, -0.2) is 4.79 Å². The van der Waals surface area contributed by atoms with Gasteiger partial charge in [0.05, 0.1) is 18.8 Å². The maximum atomic E-state index is 12.5. The minimum absolute atomic E-state index is 0.383. The van der Waals surface area contributed by atoms with Crippen LogP contribution in [0.4, 0.5) is 0 Å². The highest BCUT2D eigenvalue weighted by atomic mass is 16.5. The van der Waals surface area contributed by atoms with Gasteiger partial charge in [-0.2, -0.15) is 0 Å². The highest BCUT2D eigenvalue weighted by molar-refractivity contribution is 5.91. The van der Waals surface area contributed by atoms with Crippen molar-refractivity contribution in [2.24, 2.45) is 5.92 Å². The maximum absolute atomic E-state index is 12.5. The second-order valence-electron chi connectivity index (χ2n) is 9.29. The van der Waals surface area contributed by atoms with Gasteiger partial charge >= 0.3 is 5.97 Å². The molecule has 0 N–H and O–H groups in total. The molecule has 4 nitrogen and oxygen atoms in total. The normalized spacial score (nSPS) is 11.6. The highest BCUT2D eigenvalue weighted by Gasteiger charge is 2.09. The summed E-state index contributed by atoms with van der Waals surface area (Å²) >= 11 is 0. The van der Waals surface area contributed by atoms with Crippen molar-refractivity contribution in [1.29, 1.82) is 0 Å². The van der Waals surface area contributed by atoms with Gasteiger partial charge in [-0.1, -0.05) is 64.9 Å². The molecule has 0 saturated carbocycles. The molecule has 2 rings (SSSR count). The van der Waals surface area contributed by atoms with Crippen LogP contribution in [-0.2, 0) is 0 Å². The van der Waals surface area contributed by atoms with Gasteiger partial charge in [0.1, 0.15) is 17.2 Å². The molecule has 0 aliphatic rings. The van der Waals surface area contributed by atoms with Gasteiger partial charge < -0.3 is 14.2 Å². The third-order valence-electron chi connectivity index (χ3n) is 6.25. The molecule has 0 aliphatic carbocycles. The summed E-state index contributed by atoms with van der Waals surface area (Å²) in [6, 6.07) is 14.4. The third-order valence-corrected chi connectivity index (χ3v) is 6.25. The van der Waals surface area contributed by atoms with Gasteiger partial charge in [-0.15, -0.1) is 6.58 Å². The lowest BCUT2D eigenvalue weighted by Gasteiger charge is -2.10. The fraction of sp³-hybridized carbons (Fsp3) is 0.516. The highest BCUT2D eigenvalue weighted by Crippen LogP contribution is 2.20. The Bertz CT molecular complexity index is 826. The minimum atomic E-state index is -0.383. The zero-order valence-corrected chi connectivity index (χ0v) is 21.8. The quantitative estimate of drug-likeness (QED) is 0.0872. The zero-order valence-electron chi connectivity index (χ0n) is 21.8. The largest absolute Gasteiger partial charge is 0.494 e. The molecule has 4 heteroatoms. The second-order valence-corrected chi connectivity index (χ2v) is 9.29. The number of ether oxygens (including phenoxy) is 3. The predicted molar refractivity (Wildman–Crippen MR) is 145 cm³/mol. The summed E-state index contributed by atoms with van der Waals surface area (Å²) in [6.07, 6.45) is 15.0. The smallest absolute Gasteiger partial charge is 0.343 e. The summed E-state index contributed by atoms with van der Waals surface area (Å²) in [5.74, 6) is 2.50. The fourth-order valence-corrected chi connectivity index (χ4v) is 3.73. The van der Waals surface area contributed by atoms with Crippen molar-refractivity contribution in [1.82, 2.24) is 0 Å². The van der Waals surface area contributed by atoms with E-state index in [1.54, 1.807) is 24.3 Å². The zero-order chi connectivity index (χ0) is 25.1. The number of allylic oxidation sites excluding steroid dienone is 1. The van der Waals surface area contributed by atoms with E-state index >= 15 is 0 Å². The monoisotopic (exact) mass is 480 g/mol. The van der Waals surface area contributed by atoms with Crippen LogP contribution in [0.5, 0.6) is 17.2 Å². The molecule has 0 radical (unpaired) electrons. The van der Waals surface area contributed by atoms with Gasteiger partial charge in [0.25, 0.3) is 0 Å². The van der Waals surface area contributed by atoms with Crippen molar-refractivity contribution < 1.29 is 19.0 Å². The Morgan fingerprint density at radius 1 is 0.771 bits per heavy atom. The van der Waals surface area contributed by atoms with Gasteiger partial charge in [0.2, 0.25) is 0 Å². The van der Waals surface area contributed by atoms with Crippen LogP contribution in [0.15, 0.2) is 61.2 Å². The molecule has 35 heavy (non-hydrogen) atoms. The number of rotatable bonds is 19. The van der Waals surface area contributed by atoms with Crippen molar-refractivity contribution >= 4 is 5.97 Å². The van der Waals surface area contributed by atoms with Crippen molar-refractivity contribution in [3.63, 3.8) is 0 Å². The molecule has 0 unspecified atom stereocenters. The lowest BCUT2D eigenvalue weighted by Crippen LogP contribution is -2.08. The first-order chi connectivity index (χ1) is 17.1. The molecular weight excluding hydrogens is 436 g/mol. The molecule has 0 fully saturated rings. The number of carbonyl (C=O) groups is 1. The number of unbranched alkanes of at least 4 members (excludes halogenated alkanes) is 7. The summed E-state index contributed by atoms with van der Waals surface area (Å²) in [4.78, 5) is 12.5. The van der Waals surface area contributed by atoms with E-state index in [9.17, 15) is 4.79 Å². The molecule has 0 saturated heterocycles. The first-order valence-electron chi connectivity index (χ1n) is 13.4. The van der Waals surface area contributed by atoms with Crippen LogP contribution in [0.2, 0.25) is 0 Å². The predicted octanol–water partition coefficient (Wildman–Crippen LogP) is 8.80. The Kier molecular flexibility index (Phi) is 14.4. The number of hydrogen-bond donors (Lipinski definition) is 0. The summed E-state index contributed by atoms with van der Waals surface area (Å²) in [5, 5.41) is 0. The maximum Gasteiger partial charge on any atom is 0.343 e. The standard InChI is InChI=1S/C31H44O4/c1-4-6-7-8-9-10-13-24-33-28-18-16-27(17-19-28)31(32)35-30-22-20-29(21-23-30)34-25-14-11-12-15-26(3)5-2/h4,16-23,26H,1,5-15,24-25H2,2-3H3/t26-/m0/s1. The van der Waals surface area contributed by atoms with E-state index in [2.05, 4.69) is 20.4 Å². The SMILES string of the molecule is C=CCCCCCCCOc1ccc(C(=O)Oc2ccc(OCCCCC[C@@H](C)CC)cc2)cc1. The van der Waals surface area contributed by atoms with Crippen LogP contribution in [-0.4, -0.2) is 19.2 Å². The molecule has 0 spiro atoms. The Morgan fingerprint density at radius 3 is 1.89 bits per heavy atom. The third kappa shape index (κ3) is 12.5. The molecule has 2 aromatic carbocycles. The lowest BCUT2D eigenvalue weighted by molar-refractivity contribution is 0.0734. The number of benzene rings is 2. The van der Waals surface area contributed by atoms with Crippen LogP contribution in [0, 0.1) is 5.92 Å². The molecule has 0 aromatic heterocycles.